The Balaban J connectivity index is 2.70. The lowest BCUT2D eigenvalue weighted by molar-refractivity contribution is -0.122. The van der Waals surface area contributed by atoms with Crippen molar-refractivity contribution in [2.75, 3.05) is 12.3 Å². The standard InChI is InChI=1S/C11H17N3O/c1-2-8(7-12)10(15)6-9-4-3-5-14-11(9)13/h3-5,8H,2,6-7,12H2,1H3,(H2,13,14). The van der Waals surface area contributed by atoms with Crippen LogP contribution in [-0.4, -0.2) is 17.3 Å². The molecule has 0 amide bonds. The van der Waals surface area contributed by atoms with Gasteiger partial charge in [-0.3, -0.25) is 4.79 Å². The topological polar surface area (TPSA) is 82.0 Å². The predicted octanol–water partition coefficient (Wildman–Crippen LogP) is 0.760. The Morgan fingerprint density at radius 3 is 2.87 bits per heavy atom. The summed E-state index contributed by atoms with van der Waals surface area (Å²) in [6.07, 6.45) is 2.72. The molecular weight excluding hydrogens is 190 g/mol. The van der Waals surface area contributed by atoms with Crippen LogP contribution in [0.15, 0.2) is 18.3 Å². The molecule has 0 spiro atoms. The predicted molar refractivity (Wildman–Crippen MR) is 60.2 cm³/mol. The molecule has 0 saturated heterocycles. The van der Waals surface area contributed by atoms with E-state index in [0.29, 0.717) is 18.8 Å². The lowest BCUT2D eigenvalue weighted by Crippen LogP contribution is -2.24. The number of carbonyl (C=O) groups is 1. The van der Waals surface area contributed by atoms with E-state index in [0.717, 1.165) is 12.0 Å². The second kappa shape index (κ2) is 5.46. The van der Waals surface area contributed by atoms with Gasteiger partial charge in [0.05, 0.1) is 0 Å². The Morgan fingerprint density at radius 2 is 2.33 bits per heavy atom. The number of nitrogens with zero attached hydrogens (tertiary/aromatic N) is 1. The number of ketones is 1. The monoisotopic (exact) mass is 207 g/mol. The van der Waals surface area contributed by atoms with Gasteiger partial charge in [-0.25, -0.2) is 4.98 Å². The highest BCUT2D eigenvalue weighted by Crippen LogP contribution is 2.12. The van der Waals surface area contributed by atoms with Gasteiger partial charge < -0.3 is 11.5 Å². The Morgan fingerprint density at radius 1 is 1.60 bits per heavy atom. The van der Waals surface area contributed by atoms with Crippen LogP contribution in [0.4, 0.5) is 5.82 Å². The van der Waals surface area contributed by atoms with Crippen LogP contribution in [0.2, 0.25) is 0 Å². The third kappa shape index (κ3) is 3.02. The third-order valence-corrected chi connectivity index (χ3v) is 2.52. The van der Waals surface area contributed by atoms with Crippen LogP contribution >= 0.6 is 0 Å². The summed E-state index contributed by atoms with van der Waals surface area (Å²) in [4.78, 5) is 15.7. The van der Waals surface area contributed by atoms with Gasteiger partial charge in [0.15, 0.2) is 0 Å². The molecule has 0 bridgehead atoms. The molecule has 0 saturated carbocycles. The van der Waals surface area contributed by atoms with Gasteiger partial charge in [0.25, 0.3) is 0 Å². The summed E-state index contributed by atoms with van der Waals surface area (Å²) < 4.78 is 0. The number of pyridine rings is 1. The van der Waals surface area contributed by atoms with Gasteiger partial charge in [-0.15, -0.1) is 0 Å². The van der Waals surface area contributed by atoms with E-state index in [2.05, 4.69) is 4.98 Å². The van der Waals surface area contributed by atoms with Gasteiger partial charge in [-0.05, 0) is 12.5 Å². The normalized spacial score (nSPS) is 12.4. The van der Waals surface area contributed by atoms with E-state index in [1.807, 2.05) is 13.0 Å². The maximum absolute atomic E-state index is 11.8. The fraction of sp³-hybridized carbons (Fsp3) is 0.455. The Hall–Kier alpha value is -1.42. The molecule has 0 fully saturated rings. The summed E-state index contributed by atoms with van der Waals surface area (Å²) in [5.74, 6) is 0.502. The van der Waals surface area contributed by atoms with E-state index >= 15 is 0 Å². The van der Waals surface area contributed by atoms with Crippen LogP contribution in [0.25, 0.3) is 0 Å². The first kappa shape index (κ1) is 11.7. The van der Waals surface area contributed by atoms with Crippen LogP contribution in [0.3, 0.4) is 0 Å². The molecule has 0 aliphatic carbocycles. The van der Waals surface area contributed by atoms with Crippen molar-refractivity contribution in [3.63, 3.8) is 0 Å². The van der Waals surface area contributed by atoms with E-state index in [-0.39, 0.29) is 11.7 Å². The van der Waals surface area contributed by atoms with Crippen LogP contribution in [0, 0.1) is 5.92 Å². The summed E-state index contributed by atoms with van der Waals surface area (Å²) in [7, 11) is 0. The highest BCUT2D eigenvalue weighted by atomic mass is 16.1. The summed E-state index contributed by atoms with van der Waals surface area (Å²) in [6, 6.07) is 3.60. The van der Waals surface area contributed by atoms with Gasteiger partial charge in [-0.2, -0.15) is 0 Å². The molecule has 0 radical (unpaired) electrons. The fourth-order valence-corrected chi connectivity index (χ4v) is 1.46. The first-order chi connectivity index (χ1) is 7.19. The fourth-order valence-electron chi connectivity index (χ4n) is 1.46. The van der Waals surface area contributed by atoms with Crippen LogP contribution in [0.1, 0.15) is 18.9 Å². The molecule has 4 heteroatoms. The second-order valence-electron chi connectivity index (χ2n) is 3.53. The minimum atomic E-state index is -0.0652. The minimum Gasteiger partial charge on any atom is -0.383 e. The van der Waals surface area contributed by atoms with Crippen molar-refractivity contribution >= 4 is 11.6 Å². The maximum atomic E-state index is 11.8. The van der Waals surface area contributed by atoms with E-state index in [1.165, 1.54) is 0 Å². The zero-order chi connectivity index (χ0) is 11.3. The summed E-state index contributed by atoms with van der Waals surface area (Å²) in [5, 5.41) is 0. The van der Waals surface area contributed by atoms with Gasteiger partial charge in [0, 0.05) is 30.6 Å². The molecule has 1 aromatic heterocycles. The first-order valence-corrected chi connectivity index (χ1v) is 5.11. The van der Waals surface area contributed by atoms with Crippen LogP contribution in [-0.2, 0) is 11.2 Å². The van der Waals surface area contributed by atoms with Crippen molar-refractivity contribution in [2.45, 2.75) is 19.8 Å². The van der Waals surface area contributed by atoms with Crippen molar-refractivity contribution in [3.8, 4) is 0 Å². The number of Topliss-reactive ketones (excluding diaryl/α,β-unsaturated/α-hetero) is 1. The average molecular weight is 207 g/mol. The van der Waals surface area contributed by atoms with Crippen LogP contribution < -0.4 is 11.5 Å². The maximum Gasteiger partial charge on any atom is 0.141 e. The van der Waals surface area contributed by atoms with Gasteiger partial charge >= 0.3 is 0 Å². The van der Waals surface area contributed by atoms with E-state index in [4.69, 9.17) is 11.5 Å². The summed E-state index contributed by atoms with van der Waals surface area (Å²) in [6.45, 7) is 2.36. The summed E-state index contributed by atoms with van der Waals surface area (Å²) in [5.41, 5.74) is 12.0. The molecule has 1 heterocycles. The van der Waals surface area contributed by atoms with Crippen molar-refractivity contribution in [1.29, 1.82) is 0 Å². The number of carbonyl (C=O) groups excluding carboxylic acids is 1. The molecule has 4 nitrogen and oxygen atoms in total. The number of aromatic nitrogens is 1. The Bertz CT molecular complexity index is 334. The van der Waals surface area contributed by atoms with Gasteiger partial charge in [0.1, 0.15) is 11.6 Å². The average Bonchev–Trinajstić information content (AvgIpc) is 2.23. The van der Waals surface area contributed by atoms with Gasteiger partial charge in [-0.1, -0.05) is 13.0 Å². The highest BCUT2D eigenvalue weighted by molar-refractivity contribution is 5.84. The number of nitrogen functional groups attached to an aromatic ring is 1. The zero-order valence-electron chi connectivity index (χ0n) is 8.94. The Kier molecular flexibility index (Phi) is 4.24. The Labute approximate surface area is 89.7 Å². The third-order valence-electron chi connectivity index (χ3n) is 2.52. The lowest BCUT2D eigenvalue weighted by atomic mass is 9.96. The SMILES string of the molecule is CCC(CN)C(=O)Cc1cccnc1N. The molecule has 82 valence electrons. The highest BCUT2D eigenvalue weighted by Gasteiger charge is 2.15. The number of nitrogens with two attached hydrogens (primary N) is 2. The van der Waals surface area contributed by atoms with Crippen LogP contribution in [0.5, 0.6) is 0 Å². The quantitative estimate of drug-likeness (QED) is 0.746. The lowest BCUT2D eigenvalue weighted by Gasteiger charge is -2.11. The largest absolute Gasteiger partial charge is 0.383 e. The molecule has 0 aromatic carbocycles. The molecule has 0 aliphatic heterocycles. The number of hydrogen-bond acceptors (Lipinski definition) is 4. The molecule has 1 atom stereocenters. The number of rotatable bonds is 5. The minimum absolute atomic E-state index is 0.0652. The van der Waals surface area contributed by atoms with Crippen molar-refractivity contribution in [3.05, 3.63) is 23.9 Å². The molecule has 0 aliphatic rings. The van der Waals surface area contributed by atoms with Crippen molar-refractivity contribution < 1.29 is 4.79 Å². The second-order valence-corrected chi connectivity index (χ2v) is 3.53. The molecule has 4 N–H and O–H groups in total. The smallest absolute Gasteiger partial charge is 0.141 e. The molecular formula is C11H17N3O. The first-order valence-electron chi connectivity index (χ1n) is 5.11. The number of hydrogen-bond donors (Lipinski definition) is 2. The van der Waals surface area contributed by atoms with Gasteiger partial charge in [0.2, 0.25) is 0 Å². The molecule has 1 rings (SSSR count). The van der Waals surface area contributed by atoms with Crippen molar-refractivity contribution in [1.82, 2.24) is 4.98 Å². The number of anilines is 1. The van der Waals surface area contributed by atoms with E-state index in [9.17, 15) is 4.79 Å². The van der Waals surface area contributed by atoms with E-state index < -0.39 is 0 Å². The van der Waals surface area contributed by atoms with E-state index in [1.54, 1.807) is 12.3 Å². The van der Waals surface area contributed by atoms with Crippen molar-refractivity contribution in [2.24, 2.45) is 11.7 Å². The zero-order valence-corrected chi connectivity index (χ0v) is 8.94. The summed E-state index contributed by atoms with van der Waals surface area (Å²) >= 11 is 0. The molecule has 1 unspecified atom stereocenters. The molecule has 1 aromatic rings. The molecule has 15 heavy (non-hydrogen) atoms.